The fourth-order valence-electron chi connectivity index (χ4n) is 3.40. The van der Waals surface area contributed by atoms with Crippen LogP contribution in [0.25, 0.3) is 11.0 Å². The Morgan fingerprint density at radius 3 is 3.08 bits per heavy atom. The standard InChI is InChI=1S/C16H20N6O3/c1-9-4-6-22(12(24)3-5-17)8-10(9)21(2)15-13-11(23)7-18-14(13)19-16(25)20-15/h7,9-10,23H,3-4,6,8H2,1-2H3,(H2,18,19,20,25)/t9-,10+/m1/s1. The van der Waals surface area contributed by atoms with Crippen LogP contribution in [0.15, 0.2) is 11.0 Å². The first kappa shape index (κ1) is 16.8. The molecule has 0 bridgehead atoms. The first-order chi connectivity index (χ1) is 11.9. The van der Waals surface area contributed by atoms with Crippen LogP contribution < -0.4 is 10.6 Å². The maximum Gasteiger partial charge on any atom is 0.348 e. The zero-order valence-corrected chi connectivity index (χ0v) is 14.1. The summed E-state index contributed by atoms with van der Waals surface area (Å²) in [7, 11) is 1.80. The number of aromatic hydroxyl groups is 1. The van der Waals surface area contributed by atoms with E-state index in [0.717, 1.165) is 6.42 Å². The van der Waals surface area contributed by atoms with Crippen LogP contribution in [0.3, 0.4) is 0 Å². The Balaban J connectivity index is 1.95. The second-order valence-electron chi connectivity index (χ2n) is 6.41. The van der Waals surface area contributed by atoms with Crippen molar-refractivity contribution in [1.82, 2.24) is 19.9 Å². The van der Waals surface area contributed by atoms with Gasteiger partial charge in [0.25, 0.3) is 0 Å². The number of likely N-dealkylation sites (tertiary alicyclic amines) is 1. The van der Waals surface area contributed by atoms with Gasteiger partial charge >= 0.3 is 5.69 Å². The first-order valence-corrected chi connectivity index (χ1v) is 8.10. The number of nitriles is 1. The first-order valence-electron chi connectivity index (χ1n) is 8.10. The number of rotatable bonds is 3. The Morgan fingerprint density at radius 2 is 2.36 bits per heavy atom. The van der Waals surface area contributed by atoms with Gasteiger partial charge in [-0.1, -0.05) is 6.92 Å². The number of nitrogens with zero attached hydrogens (tertiary/aromatic N) is 4. The summed E-state index contributed by atoms with van der Waals surface area (Å²) in [5.74, 6) is 0.431. The molecule has 1 aliphatic rings. The Kier molecular flexibility index (Phi) is 4.35. The molecule has 0 spiro atoms. The summed E-state index contributed by atoms with van der Waals surface area (Å²) >= 11 is 0. The van der Waals surface area contributed by atoms with Crippen molar-refractivity contribution in [2.45, 2.75) is 25.8 Å². The van der Waals surface area contributed by atoms with Crippen LogP contribution in [0.1, 0.15) is 19.8 Å². The number of carbonyl (C=O) groups excluding carboxylic acids is 1. The van der Waals surface area contributed by atoms with Crippen LogP contribution in [0.5, 0.6) is 5.75 Å². The highest BCUT2D eigenvalue weighted by atomic mass is 16.3. The number of H-pyrrole nitrogens is 2. The van der Waals surface area contributed by atoms with Gasteiger partial charge in [-0.25, -0.2) is 4.79 Å². The molecule has 0 radical (unpaired) electrons. The SMILES string of the molecule is C[C@@H]1CCN(C(=O)CC#N)C[C@@H]1N(C)c1nc(=O)[nH]c2[nH]cc(O)c12. The zero-order chi connectivity index (χ0) is 18.1. The average molecular weight is 344 g/mol. The van der Waals surface area contributed by atoms with Crippen molar-refractivity contribution in [3.63, 3.8) is 0 Å². The lowest BCUT2D eigenvalue weighted by Gasteiger charge is -2.42. The predicted octanol–water partition coefficient (Wildman–Crippen LogP) is 0.544. The Labute approximate surface area is 143 Å². The van der Waals surface area contributed by atoms with Crippen molar-refractivity contribution in [2.75, 3.05) is 25.0 Å². The third kappa shape index (κ3) is 3.03. The minimum Gasteiger partial charge on any atom is -0.506 e. The maximum atomic E-state index is 12.1. The highest BCUT2D eigenvalue weighted by Crippen LogP contribution is 2.33. The summed E-state index contributed by atoms with van der Waals surface area (Å²) in [6.07, 6.45) is 2.04. The van der Waals surface area contributed by atoms with E-state index in [1.165, 1.54) is 6.20 Å². The summed E-state index contributed by atoms with van der Waals surface area (Å²) in [4.78, 5) is 36.8. The van der Waals surface area contributed by atoms with E-state index in [1.54, 1.807) is 11.9 Å². The van der Waals surface area contributed by atoms with E-state index in [1.807, 2.05) is 11.0 Å². The number of piperidine rings is 1. The van der Waals surface area contributed by atoms with Gasteiger partial charge in [0, 0.05) is 26.3 Å². The number of fused-ring (bicyclic) bond motifs is 1. The van der Waals surface area contributed by atoms with Crippen LogP contribution in [-0.2, 0) is 4.79 Å². The number of hydrogen-bond acceptors (Lipinski definition) is 6. The summed E-state index contributed by atoms with van der Waals surface area (Å²) in [6.45, 7) is 3.13. The van der Waals surface area contributed by atoms with Crippen molar-refractivity contribution < 1.29 is 9.90 Å². The lowest BCUT2D eigenvalue weighted by atomic mass is 9.92. The van der Waals surface area contributed by atoms with Crippen LogP contribution in [-0.4, -0.2) is 57.0 Å². The smallest absolute Gasteiger partial charge is 0.348 e. The van der Waals surface area contributed by atoms with Crippen molar-refractivity contribution in [2.24, 2.45) is 5.92 Å². The molecule has 9 heteroatoms. The molecule has 0 saturated carbocycles. The monoisotopic (exact) mass is 344 g/mol. The molecule has 1 amide bonds. The third-order valence-electron chi connectivity index (χ3n) is 4.86. The van der Waals surface area contributed by atoms with E-state index >= 15 is 0 Å². The molecule has 2 aromatic rings. The second kappa shape index (κ2) is 6.47. The van der Waals surface area contributed by atoms with E-state index in [2.05, 4.69) is 21.9 Å². The molecule has 0 aromatic carbocycles. The molecular weight excluding hydrogens is 324 g/mol. The van der Waals surface area contributed by atoms with Crippen LogP contribution in [0.4, 0.5) is 5.82 Å². The van der Waals surface area contributed by atoms with E-state index < -0.39 is 5.69 Å². The van der Waals surface area contributed by atoms with Gasteiger partial charge in [-0.3, -0.25) is 9.78 Å². The zero-order valence-electron chi connectivity index (χ0n) is 14.1. The number of nitrogens with one attached hydrogen (secondary N) is 2. The lowest BCUT2D eigenvalue weighted by Crippen LogP contribution is -2.53. The molecule has 0 aliphatic carbocycles. The highest BCUT2D eigenvalue weighted by Gasteiger charge is 2.33. The molecule has 25 heavy (non-hydrogen) atoms. The number of anilines is 1. The quantitative estimate of drug-likeness (QED) is 0.745. The summed E-state index contributed by atoms with van der Waals surface area (Å²) < 4.78 is 0. The maximum absolute atomic E-state index is 12.1. The van der Waals surface area contributed by atoms with Gasteiger partial charge < -0.3 is 19.9 Å². The normalized spacial score (nSPS) is 20.4. The molecule has 1 saturated heterocycles. The lowest BCUT2D eigenvalue weighted by molar-refractivity contribution is -0.131. The van der Waals surface area contributed by atoms with Gasteiger partial charge in [-0.15, -0.1) is 0 Å². The van der Waals surface area contributed by atoms with Crippen molar-refractivity contribution in [3.05, 3.63) is 16.7 Å². The molecule has 0 unspecified atom stereocenters. The summed E-state index contributed by atoms with van der Waals surface area (Å²) in [5, 5.41) is 19.3. The van der Waals surface area contributed by atoms with Crippen LogP contribution >= 0.6 is 0 Å². The molecule has 3 rings (SSSR count). The number of aromatic amines is 2. The van der Waals surface area contributed by atoms with E-state index in [9.17, 15) is 14.7 Å². The Hall–Kier alpha value is -3.02. The molecule has 1 aliphatic heterocycles. The molecule has 1 fully saturated rings. The largest absolute Gasteiger partial charge is 0.506 e. The molecular formula is C16H20N6O3. The average Bonchev–Trinajstić information content (AvgIpc) is 2.95. The molecule has 132 valence electrons. The highest BCUT2D eigenvalue weighted by molar-refractivity contribution is 5.93. The van der Waals surface area contributed by atoms with Gasteiger partial charge in [0.2, 0.25) is 5.91 Å². The fraction of sp³-hybridized carbons (Fsp3) is 0.500. The van der Waals surface area contributed by atoms with Crippen molar-refractivity contribution in [3.8, 4) is 11.8 Å². The fourth-order valence-corrected chi connectivity index (χ4v) is 3.40. The Bertz CT molecular complexity index is 895. The number of amides is 1. The number of hydrogen-bond donors (Lipinski definition) is 3. The molecule has 9 nitrogen and oxygen atoms in total. The van der Waals surface area contributed by atoms with E-state index in [4.69, 9.17) is 5.26 Å². The van der Waals surface area contributed by atoms with Crippen molar-refractivity contribution in [1.29, 1.82) is 5.26 Å². The van der Waals surface area contributed by atoms with Gasteiger partial charge in [-0.05, 0) is 12.3 Å². The number of carbonyl (C=O) groups is 1. The second-order valence-corrected chi connectivity index (χ2v) is 6.41. The van der Waals surface area contributed by atoms with Gasteiger partial charge in [0.15, 0.2) is 0 Å². The number of likely N-dealkylation sites (N-methyl/N-ethyl adjacent to an activating group) is 1. The Morgan fingerprint density at radius 1 is 1.60 bits per heavy atom. The van der Waals surface area contributed by atoms with Gasteiger partial charge in [0.1, 0.15) is 29.0 Å². The van der Waals surface area contributed by atoms with Crippen LogP contribution in [0.2, 0.25) is 0 Å². The molecule has 2 atom stereocenters. The predicted molar refractivity (Wildman–Crippen MR) is 91.2 cm³/mol. The van der Waals surface area contributed by atoms with Crippen LogP contribution in [0, 0.1) is 17.2 Å². The minimum atomic E-state index is -0.517. The minimum absolute atomic E-state index is 0.00137. The number of aromatic nitrogens is 3. The summed E-state index contributed by atoms with van der Waals surface area (Å²) in [6, 6.07) is 1.81. The summed E-state index contributed by atoms with van der Waals surface area (Å²) in [5.41, 5.74) is -0.114. The molecule has 3 N–H and O–H groups in total. The van der Waals surface area contributed by atoms with Gasteiger partial charge in [0.05, 0.1) is 12.1 Å². The van der Waals surface area contributed by atoms with Gasteiger partial charge in [-0.2, -0.15) is 10.2 Å². The topological polar surface area (TPSA) is 129 Å². The third-order valence-corrected chi connectivity index (χ3v) is 4.86. The molecule has 2 aromatic heterocycles. The van der Waals surface area contributed by atoms with E-state index in [-0.39, 0.29) is 30.0 Å². The van der Waals surface area contributed by atoms with Crippen molar-refractivity contribution >= 4 is 22.8 Å². The molecule has 3 heterocycles. The van der Waals surface area contributed by atoms with E-state index in [0.29, 0.717) is 29.9 Å².